The van der Waals surface area contributed by atoms with E-state index in [2.05, 4.69) is 6.58 Å². The van der Waals surface area contributed by atoms with Gasteiger partial charge < -0.3 is 4.74 Å². The molecule has 1 aliphatic carbocycles. The Morgan fingerprint density at radius 1 is 1.30 bits per heavy atom. The third-order valence-corrected chi connectivity index (χ3v) is 2.81. The lowest BCUT2D eigenvalue weighted by Gasteiger charge is -2.21. The van der Waals surface area contributed by atoms with Crippen LogP contribution in [0.5, 0.6) is 0 Å². The van der Waals surface area contributed by atoms with Gasteiger partial charge in [-0.1, -0.05) is 19.4 Å². The number of rotatable bonds is 0. The van der Waals surface area contributed by atoms with E-state index in [1.165, 1.54) is 25.7 Å². The van der Waals surface area contributed by atoms with E-state index in [4.69, 9.17) is 4.74 Å². The fourth-order valence-corrected chi connectivity index (χ4v) is 2.15. The molecule has 1 saturated carbocycles. The summed E-state index contributed by atoms with van der Waals surface area (Å²) < 4.78 is 5.41. The number of allylic oxidation sites excluding steroid dienone is 1. The van der Waals surface area contributed by atoms with E-state index in [1.807, 2.05) is 0 Å². The van der Waals surface area contributed by atoms with Crippen molar-refractivity contribution in [2.45, 2.75) is 25.7 Å². The molecule has 2 rings (SSSR count). The first-order valence-corrected chi connectivity index (χ1v) is 4.19. The lowest BCUT2D eigenvalue weighted by atomic mass is 9.81. The summed E-state index contributed by atoms with van der Waals surface area (Å²) in [4.78, 5) is 0. The Morgan fingerprint density at radius 2 is 2.10 bits per heavy atom. The van der Waals surface area contributed by atoms with Gasteiger partial charge >= 0.3 is 0 Å². The molecule has 0 bridgehead atoms. The summed E-state index contributed by atoms with van der Waals surface area (Å²) in [6.45, 7) is 4.86. The Kier molecular flexibility index (Phi) is 1.44. The van der Waals surface area contributed by atoms with E-state index in [9.17, 15) is 0 Å². The molecular formula is C9H14O. The monoisotopic (exact) mass is 138 g/mol. The van der Waals surface area contributed by atoms with Gasteiger partial charge in [-0.3, -0.25) is 0 Å². The Labute approximate surface area is 62.1 Å². The molecule has 1 saturated heterocycles. The van der Waals surface area contributed by atoms with Crippen molar-refractivity contribution in [1.82, 2.24) is 0 Å². The second-order valence-corrected chi connectivity index (χ2v) is 3.43. The Balaban J connectivity index is 2.08. The average Bonchev–Trinajstić information content (AvgIpc) is 2.34. The van der Waals surface area contributed by atoms with Crippen molar-refractivity contribution in [1.29, 1.82) is 0 Å². The SMILES string of the molecule is C=C1OC[C@@H]2CCCC[C@@H]12. The zero-order valence-corrected chi connectivity index (χ0v) is 6.31. The topological polar surface area (TPSA) is 9.23 Å². The normalized spacial score (nSPS) is 39.0. The smallest absolute Gasteiger partial charge is 0.0923 e. The van der Waals surface area contributed by atoms with Gasteiger partial charge in [0.15, 0.2) is 0 Å². The van der Waals surface area contributed by atoms with Crippen molar-refractivity contribution in [3.63, 3.8) is 0 Å². The van der Waals surface area contributed by atoms with Crippen molar-refractivity contribution in [2.24, 2.45) is 11.8 Å². The van der Waals surface area contributed by atoms with E-state index < -0.39 is 0 Å². The van der Waals surface area contributed by atoms with Crippen molar-refractivity contribution in [3.8, 4) is 0 Å². The van der Waals surface area contributed by atoms with E-state index in [-0.39, 0.29) is 0 Å². The molecule has 2 aliphatic rings. The zero-order chi connectivity index (χ0) is 6.97. The molecule has 0 aromatic heterocycles. The predicted molar refractivity (Wildman–Crippen MR) is 40.5 cm³/mol. The molecule has 1 heteroatoms. The number of hydrogen-bond donors (Lipinski definition) is 0. The van der Waals surface area contributed by atoms with Crippen LogP contribution in [0.25, 0.3) is 0 Å². The molecule has 10 heavy (non-hydrogen) atoms. The minimum atomic E-state index is 0.716. The summed E-state index contributed by atoms with van der Waals surface area (Å²) in [5.41, 5.74) is 0. The van der Waals surface area contributed by atoms with Crippen LogP contribution in [0.15, 0.2) is 12.3 Å². The standard InChI is InChI=1S/C9H14O/c1-7-9-5-3-2-4-8(9)6-10-7/h8-9H,1-6H2/t8-,9-/m0/s1. The van der Waals surface area contributed by atoms with Crippen LogP contribution in [0.1, 0.15) is 25.7 Å². The van der Waals surface area contributed by atoms with Crippen LogP contribution in [0.4, 0.5) is 0 Å². The third-order valence-electron chi connectivity index (χ3n) is 2.81. The molecule has 0 aromatic rings. The number of ether oxygens (including phenoxy) is 1. The lowest BCUT2D eigenvalue weighted by Crippen LogP contribution is -2.15. The highest BCUT2D eigenvalue weighted by atomic mass is 16.5. The molecule has 1 heterocycles. The molecule has 2 atom stereocenters. The largest absolute Gasteiger partial charge is 0.498 e. The quantitative estimate of drug-likeness (QED) is 0.499. The molecule has 0 radical (unpaired) electrons. The van der Waals surface area contributed by atoms with Crippen molar-refractivity contribution in [2.75, 3.05) is 6.61 Å². The number of hydrogen-bond acceptors (Lipinski definition) is 1. The van der Waals surface area contributed by atoms with Crippen LogP contribution in [-0.4, -0.2) is 6.61 Å². The molecule has 0 aromatic carbocycles. The molecule has 2 fully saturated rings. The summed E-state index contributed by atoms with van der Waals surface area (Å²) >= 11 is 0. The van der Waals surface area contributed by atoms with E-state index >= 15 is 0 Å². The predicted octanol–water partition coefficient (Wildman–Crippen LogP) is 2.34. The number of fused-ring (bicyclic) bond motifs is 1. The van der Waals surface area contributed by atoms with Gasteiger partial charge in [0.2, 0.25) is 0 Å². The summed E-state index contributed by atoms with van der Waals surface area (Å²) in [5.74, 6) is 2.60. The summed E-state index contributed by atoms with van der Waals surface area (Å²) in [5, 5.41) is 0. The third kappa shape index (κ3) is 0.845. The van der Waals surface area contributed by atoms with Gasteiger partial charge in [0.1, 0.15) is 0 Å². The van der Waals surface area contributed by atoms with Gasteiger partial charge in [0.05, 0.1) is 12.4 Å². The summed E-state index contributed by atoms with van der Waals surface area (Å²) in [6.07, 6.45) is 5.47. The molecule has 1 nitrogen and oxygen atoms in total. The van der Waals surface area contributed by atoms with Crippen molar-refractivity contribution in [3.05, 3.63) is 12.3 Å². The minimum Gasteiger partial charge on any atom is -0.498 e. The maximum absolute atomic E-state index is 5.41. The average molecular weight is 138 g/mol. The summed E-state index contributed by atoms with van der Waals surface area (Å²) in [7, 11) is 0. The molecule has 56 valence electrons. The Hall–Kier alpha value is -0.460. The lowest BCUT2D eigenvalue weighted by molar-refractivity contribution is 0.235. The first-order chi connectivity index (χ1) is 4.88. The first kappa shape index (κ1) is 6.26. The van der Waals surface area contributed by atoms with Crippen LogP contribution in [0.3, 0.4) is 0 Å². The minimum absolute atomic E-state index is 0.716. The van der Waals surface area contributed by atoms with Gasteiger partial charge in [-0.05, 0) is 12.8 Å². The molecule has 0 amide bonds. The van der Waals surface area contributed by atoms with E-state index in [1.54, 1.807) is 0 Å². The van der Waals surface area contributed by atoms with Gasteiger partial charge in [-0.15, -0.1) is 0 Å². The van der Waals surface area contributed by atoms with Crippen LogP contribution < -0.4 is 0 Å². The van der Waals surface area contributed by atoms with E-state index in [0.29, 0.717) is 5.92 Å². The first-order valence-electron chi connectivity index (χ1n) is 4.19. The fraction of sp³-hybridized carbons (Fsp3) is 0.778. The van der Waals surface area contributed by atoms with Gasteiger partial charge in [0, 0.05) is 11.8 Å². The Morgan fingerprint density at radius 3 is 2.90 bits per heavy atom. The molecule has 0 unspecified atom stereocenters. The van der Waals surface area contributed by atoms with E-state index in [0.717, 1.165) is 18.3 Å². The summed E-state index contributed by atoms with van der Waals surface area (Å²) in [6, 6.07) is 0. The molecule has 0 N–H and O–H groups in total. The van der Waals surface area contributed by atoms with Crippen LogP contribution in [0, 0.1) is 11.8 Å². The maximum Gasteiger partial charge on any atom is 0.0923 e. The molecule has 0 spiro atoms. The van der Waals surface area contributed by atoms with Crippen LogP contribution in [-0.2, 0) is 4.74 Å². The second-order valence-electron chi connectivity index (χ2n) is 3.43. The van der Waals surface area contributed by atoms with Crippen molar-refractivity contribution < 1.29 is 4.74 Å². The van der Waals surface area contributed by atoms with Crippen molar-refractivity contribution >= 4 is 0 Å². The fourth-order valence-electron chi connectivity index (χ4n) is 2.15. The van der Waals surface area contributed by atoms with Crippen LogP contribution >= 0.6 is 0 Å². The highest BCUT2D eigenvalue weighted by Crippen LogP contribution is 2.39. The highest BCUT2D eigenvalue weighted by molar-refractivity contribution is 5.01. The van der Waals surface area contributed by atoms with Gasteiger partial charge in [0.25, 0.3) is 0 Å². The molecular weight excluding hydrogens is 124 g/mol. The van der Waals surface area contributed by atoms with Crippen LogP contribution in [0.2, 0.25) is 0 Å². The highest BCUT2D eigenvalue weighted by Gasteiger charge is 2.33. The van der Waals surface area contributed by atoms with Gasteiger partial charge in [-0.25, -0.2) is 0 Å². The van der Waals surface area contributed by atoms with Gasteiger partial charge in [-0.2, -0.15) is 0 Å². The zero-order valence-electron chi connectivity index (χ0n) is 6.31. The molecule has 1 aliphatic heterocycles. The Bertz CT molecular complexity index is 151. The second kappa shape index (κ2) is 2.30. The maximum atomic E-state index is 5.41.